The van der Waals surface area contributed by atoms with E-state index in [9.17, 15) is 18.4 Å². The molecule has 2 aliphatic rings. The summed E-state index contributed by atoms with van der Waals surface area (Å²) in [5.74, 6) is -2.62. The summed E-state index contributed by atoms with van der Waals surface area (Å²) >= 11 is 0. The predicted octanol–water partition coefficient (Wildman–Crippen LogP) is 4.13. The third kappa shape index (κ3) is 5.20. The van der Waals surface area contributed by atoms with Gasteiger partial charge in [0, 0.05) is 18.7 Å². The van der Waals surface area contributed by atoms with E-state index in [0.29, 0.717) is 47.6 Å². The number of fused-ring (bicyclic) bond motifs is 1. The Morgan fingerprint density at radius 2 is 1.83 bits per heavy atom. The number of amides is 2. The molecule has 1 aliphatic heterocycles. The van der Waals surface area contributed by atoms with Crippen LogP contribution in [-0.2, 0) is 9.59 Å². The maximum absolute atomic E-state index is 14.1. The average molecular weight is 560 g/mol. The molecule has 12 heteroatoms. The van der Waals surface area contributed by atoms with Crippen LogP contribution in [0.25, 0.3) is 22.3 Å². The molecule has 2 fully saturated rings. The van der Waals surface area contributed by atoms with Crippen molar-refractivity contribution in [2.75, 3.05) is 18.8 Å². The molecule has 0 spiro atoms. The van der Waals surface area contributed by atoms with E-state index in [4.69, 9.17) is 21.3 Å². The summed E-state index contributed by atoms with van der Waals surface area (Å²) < 4.78 is 34.9. The molecule has 210 valence electrons. The van der Waals surface area contributed by atoms with Crippen LogP contribution in [0.1, 0.15) is 31.7 Å². The van der Waals surface area contributed by atoms with Gasteiger partial charge in [-0.3, -0.25) is 9.59 Å². The summed E-state index contributed by atoms with van der Waals surface area (Å²) in [5.41, 5.74) is 13.6. The van der Waals surface area contributed by atoms with Gasteiger partial charge in [-0.1, -0.05) is 12.1 Å². The van der Waals surface area contributed by atoms with Crippen molar-refractivity contribution in [1.29, 1.82) is 0 Å². The fourth-order valence-electron chi connectivity index (χ4n) is 5.09. The minimum atomic E-state index is -1.07. The first-order valence-corrected chi connectivity index (χ1v) is 13.3. The van der Waals surface area contributed by atoms with E-state index < -0.39 is 17.5 Å². The topological polar surface area (TPSA) is 142 Å². The second kappa shape index (κ2) is 10.6. The van der Waals surface area contributed by atoms with Crippen molar-refractivity contribution in [3.8, 4) is 22.8 Å². The number of hydrogen-bond donors (Lipinski definition) is 2. The Hall–Kier alpha value is -4.87. The molecule has 0 bridgehead atoms. The van der Waals surface area contributed by atoms with E-state index in [1.54, 1.807) is 39.9 Å². The molecule has 0 radical (unpaired) electrons. The quantitative estimate of drug-likeness (QED) is 0.197. The maximum atomic E-state index is 14.1. The third-order valence-corrected chi connectivity index (χ3v) is 7.34. The molecule has 3 heterocycles. The number of primary amides is 1. The van der Waals surface area contributed by atoms with Crippen molar-refractivity contribution in [3.63, 3.8) is 0 Å². The number of carbonyl (C=O) groups is 2. The van der Waals surface area contributed by atoms with Gasteiger partial charge in [-0.05, 0) is 68.0 Å². The van der Waals surface area contributed by atoms with Crippen molar-refractivity contribution >= 4 is 28.7 Å². The number of benzene rings is 2. The Labute approximate surface area is 233 Å². The van der Waals surface area contributed by atoms with Gasteiger partial charge in [0.25, 0.3) is 11.8 Å². The fourth-order valence-corrected chi connectivity index (χ4v) is 5.09. The lowest BCUT2D eigenvalue weighted by Crippen LogP contribution is -2.43. The number of carbonyl (C=O) groups excluding carboxylic acids is 2. The van der Waals surface area contributed by atoms with Crippen molar-refractivity contribution in [2.24, 2.45) is 11.7 Å². The highest BCUT2D eigenvalue weighted by Crippen LogP contribution is 2.36. The molecule has 2 aromatic carbocycles. The highest BCUT2D eigenvalue weighted by atomic mass is 19.2. The fraction of sp³-hybridized carbons (Fsp3) is 0.276. The third-order valence-electron chi connectivity index (χ3n) is 7.34. The Balaban J connectivity index is 1.30. The number of piperidine rings is 1. The van der Waals surface area contributed by atoms with Gasteiger partial charge in [-0.2, -0.15) is 9.49 Å². The molecule has 10 nitrogen and oxygen atoms in total. The van der Waals surface area contributed by atoms with Gasteiger partial charge in [-0.25, -0.2) is 19.0 Å². The lowest BCUT2D eigenvalue weighted by atomic mass is 10.0. The molecule has 6 rings (SSSR count). The van der Waals surface area contributed by atoms with Gasteiger partial charge in [0.05, 0.1) is 11.4 Å². The monoisotopic (exact) mass is 559 g/mol. The molecular formula is C29H27F2N7O3. The van der Waals surface area contributed by atoms with Crippen LogP contribution in [0.5, 0.6) is 11.5 Å². The van der Waals surface area contributed by atoms with Gasteiger partial charge in [0.1, 0.15) is 29.2 Å². The van der Waals surface area contributed by atoms with E-state index in [1.165, 1.54) is 18.5 Å². The molecule has 0 unspecified atom stereocenters. The molecule has 1 saturated heterocycles. The normalized spacial score (nSPS) is 17.6. The summed E-state index contributed by atoms with van der Waals surface area (Å²) in [6, 6.07) is 10.2. The van der Waals surface area contributed by atoms with Gasteiger partial charge >= 0.3 is 0 Å². The summed E-state index contributed by atoms with van der Waals surface area (Å²) in [6.45, 7) is 0.821. The number of rotatable bonds is 7. The van der Waals surface area contributed by atoms with E-state index >= 15 is 0 Å². The molecule has 41 heavy (non-hydrogen) atoms. The lowest BCUT2D eigenvalue weighted by Gasteiger charge is -2.33. The minimum Gasteiger partial charge on any atom is -0.454 e. The van der Waals surface area contributed by atoms with Gasteiger partial charge in [0.2, 0.25) is 5.82 Å². The Bertz CT molecular complexity index is 1680. The largest absolute Gasteiger partial charge is 0.454 e. The van der Waals surface area contributed by atoms with Crippen LogP contribution >= 0.6 is 0 Å². The van der Waals surface area contributed by atoms with E-state index in [2.05, 4.69) is 9.97 Å². The zero-order valence-electron chi connectivity index (χ0n) is 22.0. The zero-order valence-corrected chi connectivity index (χ0v) is 22.0. The summed E-state index contributed by atoms with van der Waals surface area (Å²) in [6.07, 6.45) is 6.38. The van der Waals surface area contributed by atoms with E-state index in [0.717, 1.165) is 25.3 Å². The molecule has 2 amide bonds. The first-order valence-electron chi connectivity index (χ1n) is 13.3. The second-order valence-electron chi connectivity index (χ2n) is 10.3. The van der Waals surface area contributed by atoms with Crippen molar-refractivity contribution < 1.29 is 23.1 Å². The van der Waals surface area contributed by atoms with Crippen LogP contribution < -0.4 is 16.2 Å². The smallest absolute Gasteiger partial charge is 0.259 e. The molecule has 1 atom stereocenters. The Morgan fingerprint density at radius 1 is 1.05 bits per heavy atom. The van der Waals surface area contributed by atoms with Crippen LogP contribution in [0.3, 0.4) is 0 Å². The molecule has 1 aliphatic carbocycles. The molecule has 4 aromatic rings. The van der Waals surface area contributed by atoms with Gasteiger partial charge in [0.15, 0.2) is 17.2 Å². The molecular weight excluding hydrogens is 532 g/mol. The number of nitrogens with zero attached hydrogens (tertiary/aromatic N) is 5. The number of anilines is 1. The lowest BCUT2D eigenvalue weighted by molar-refractivity contribution is -0.131. The average Bonchev–Trinajstić information content (AvgIpc) is 3.71. The number of halogens is 2. The standard InChI is InChI=1S/C29H27F2N7O3/c30-21-4-1-5-22(24(21)31)41-19-10-8-17(9-11-19)25-23-26(32)34-15-35-28(23)38(36-25)18-3-2-12-37(14-18)29(40)20(27(33)39)13-16-6-7-16/h1,4-5,8-11,13,15-16,18H,2-3,6-7,12,14H2,(H2,33,39)(H2,32,34,35)/b20-13+/t18-/m0/s1. The summed E-state index contributed by atoms with van der Waals surface area (Å²) in [7, 11) is 0. The number of nitrogens with two attached hydrogens (primary N) is 2. The van der Waals surface area contributed by atoms with Crippen LogP contribution in [0.15, 0.2) is 60.4 Å². The minimum absolute atomic E-state index is 0.0335. The highest BCUT2D eigenvalue weighted by Gasteiger charge is 2.32. The van der Waals surface area contributed by atoms with E-state index in [1.807, 2.05) is 0 Å². The maximum Gasteiger partial charge on any atom is 0.259 e. The number of aromatic nitrogens is 4. The molecule has 4 N–H and O–H groups in total. The summed E-state index contributed by atoms with van der Waals surface area (Å²) in [5, 5.41) is 5.40. The van der Waals surface area contributed by atoms with Crippen LogP contribution in [0.4, 0.5) is 14.6 Å². The number of nitrogen functional groups attached to an aromatic ring is 1. The molecule has 2 aromatic heterocycles. The van der Waals surface area contributed by atoms with Crippen molar-refractivity contribution in [2.45, 2.75) is 31.7 Å². The number of ether oxygens (including phenoxy) is 1. The second-order valence-corrected chi connectivity index (χ2v) is 10.3. The Morgan fingerprint density at radius 3 is 2.56 bits per heavy atom. The predicted molar refractivity (Wildman–Crippen MR) is 146 cm³/mol. The van der Waals surface area contributed by atoms with Crippen LogP contribution in [-0.4, -0.2) is 49.6 Å². The zero-order chi connectivity index (χ0) is 28.7. The first kappa shape index (κ1) is 26.4. The van der Waals surface area contributed by atoms with Crippen molar-refractivity contribution in [1.82, 2.24) is 24.6 Å². The van der Waals surface area contributed by atoms with Crippen LogP contribution in [0, 0.1) is 17.6 Å². The first-order chi connectivity index (χ1) is 19.8. The SMILES string of the molecule is NC(=O)/C(=C\C1CC1)C(=O)N1CCC[C@H](n2nc(-c3ccc(Oc4cccc(F)c4F)cc3)c3c(N)ncnc32)C1. The highest BCUT2D eigenvalue weighted by molar-refractivity contribution is 6.17. The van der Waals surface area contributed by atoms with Crippen molar-refractivity contribution in [3.05, 3.63) is 72.1 Å². The molecule has 1 saturated carbocycles. The number of hydrogen-bond acceptors (Lipinski definition) is 7. The van der Waals surface area contributed by atoms with Crippen LogP contribution in [0.2, 0.25) is 0 Å². The summed E-state index contributed by atoms with van der Waals surface area (Å²) in [4.78, 5) is 35.5. The number of allylic oxidation sites excluding steroid dienone is 1. The Kier molecular flexibility index (Phi) is 6.82. The van der Waals surface area contributed by atoms with Gasteiger partial charge in [-0.15, -0.1) is 0 Å². The van der Waals surface area contributed by atoms with Gasteiger partial charge < -0.3 is 21.1 Å². The van der Waals surface area contributed by atoms with E-state index in [-0.39, 0.29) is 35.0 Å². The number of likely N-dealkylation sites (tertiary alicyclic amines) is 1.